The summed E-state index contributed by atoms with van der Waals surface area (Å²) < 4.78 is 1.41. The Morgan fingerprint density at radius 3 is 2.65 bits per heavy atom. The smallest absolute Gasteiger partial charge is 0.270 e. The predicted octanol–water partition coefficient (Wildman–Crippen LogP) is 4.29. The van der Waals surface area contributed by atoms with Gasteiger partial charge in [0.2, 0.25) is 0 Å². The van der Waals surface area contributed by atoms with Gasteiger partial charge >= 0.3 is 0 Å². The van der Waals surface area contributed by atoms with Crippen LogP contribution in [0.1, 0.15) is 17.1 Å². The van der Waals surface area contributed by atoms with Crippen molar-refractivity contribution in [1.29, 1.82) is 0 Å². The molecular formula is C25H15ClN4O4. The highest BCUT2D eigenvalue weighted by Crippen LogP contribution is 2.45. The predicted molar refractivity (Wildman–Crippen MR) is 127 cm³/mol. The minimum absolute atomic E-state index is 0.00143. The van der Waals surface area contributed by atoms with Crippen molar-refractivity contribution in [3.63, 3.8) is 0 Å². The number of aromatic nitrogens is 3. The molecule has 166 valence electrons. The third-order valence-electron chi connectivity index (χ3n) is 6.17. The zero-order chi connectivity index (χ0) is 23.6. The maximum Gasteiger partial charge on any atom is 0.270 e. The first kappa shape index (κ1) is 20.5. The van der Waals surface area contributed by atoms with Gasteiger partial charge in [-0.15, -0.1) is 0 Å². The lowest BCUT2D eigenvalue weighted by Gasteiger charge is -2.24. The van der Waals surface area contributed by atoms with Crippen molar-refractivity contribution in [3.8, 4) is 5.69 Å². The second-order valence-corrected chi connectivity index (χ2v) is 8.61. The fourth-order valence-corrected chi connectivity index (χ4v) is 4.98. The molecule has 8 nitrogen and oxygen atoms in total. The van der Waals surface area contributed by atoms with Crippen LogP contribution >= 0.6 is 11.6 Å². The summed E-state index contributed by atoms with van der Waals surface area (Å²) in [5, 5.41) is 24.5. The number of nitrogens with zero attached hydrogens (tertiary/aromatic N) is 4. The van der Waals surface area contributed by atoms with E-state index in [2.05, 4.69) is 9.97 Å². The van der Waals surface area contributed by atoms with E-state index in [1.807, 2.05) is 0 Å². The largest absolute Gasteiger partial charge is 0.377 e. The van der Waals surface area contributed by atoms with Crippen LogP contribution < -0.4 is 5.56 Å². The Balaban J connectivity index is 1.56. The summed E-state index contributed by atoms with van der Waals surface area (Å²) in [6.07, 6.45) is 0.00143. The number of hydrogen-bond donors (Lipinski definition) is 1. The fourth-order valence-electron chi connectivity index (χ4n) is 4.65. The molecule has 1 unspecified atom stereocenters. The van der Waals surface area contributed by atoms with Gasteiger partial charge in [0.05, 0.1) is 27.0 Å². The summed E-state index contributed by atoms with van der Waals surface area (Å²) in [6, 6.07) is 19.9. The van der Waals surface area contributed by atoms with Crippen molar-refractivity contribution in [2.75, 3.05) is 0 Å². The van der Waals surface area contributed by atoms with E-state index in [1.165, 1.54) is 16.7 Å². The minimum Gasteiger partial charge on any atom is -0.377 e. The summed E-state index contributed by atoms with van der Waals surface area (Å²) >= 11 is 6.55. The van der Waals surface area contributed by atoms with Crippen molar-refractivity contribution in [1.82, 2.24) is 14.5 Å². The first-order valence-electron chi connectivity index (χ1n) is 10.4. The van der Waals surface area contributed by atoms with Gasteiger partial charge < -0.3 is 5.11 Å². The molecule has 0 saturated carbocycles. The third kappa shape index (κ3) is 2.86. The molecule has 3 aromatic carbocycles. The normalized spacial score (nSPS) is 16.5. The van der Waals surface area contributed by atoms with Crippen LogP contribution in [0.4, 0.5) is 5.69 Å². The molecule has 1 aliphatic heterocycles. The van der Waals surface area contributed by atoms with Gasteiger partial charge in [-0.3, -0.25) is 24.5 Å². The van der Waals surface area contributed by atoms with E-state index >= 15 is 0 Å². The number of non-ortho nitro benzene ring substituents is 1. The second kappa shape index (κ2) is 7.18. The lowest BCUT2D eigenvalue weighted by Crippen LogP contribution is -2.32. The van der Waals surface area contributed by atoms with Crippen LogP contribution in [-0.4, -0.2) is 24.6 Å². The average Bonchev–Trinajstić information content (AvgIpc) is 3.08. The van der Waals surface area contributed by atoms with Crippen molar-refractivity contribution in [3.05, 3.63) is 115 Å². The van der Waals surface area contributed by atoms with Crippen LogP contribution in [0, 0.1) is 10.1 Å². The number of benzene rings is 3. The van der Waals surface area contributed by atoms with Crippen LogP contribution in [0.5, 0.6) is 0 Å². The Bertz CT molecular complexity index is 1730. The standard InChI is InChI=1S/C25H15ClN4O4/c26-18-5-3-7-21-22(18)25(32,24-28-20-6-2-1-4-17(20)23(31)29(21)24)13-15-9-8-14-12-16(30(33)34)10-11-19(14)27-15/h1-12,32H,13H2. The number of nitro groups is 1. The second-order valence-electron chi connectivity index (χ2n) is 8.20. The summed E-state index contributed by atoms with van der Waals surface area (Å²) in [5.41, 5.74) is 0.379. The Morgan fingerprint density at radius 2 is 1.82 bits per heavy atom. The number of pyridine rings is 1. The molecule has 0 bridgehead atoms. The molecule has 1 atom stereocenters. The van der Waals surface area contributed by atoms with Gasteiger partial charge in [-0.2, -0.15) is 0 Å². The van der Waals surface area contributed by atoms with Crippen LogP contribution in [-0.2, 0) is 12.0 Å². The molecule has 6 rings (SSSR count). The number of rotatable bonds is 3. The molecule has 34 heavy (non-hydrogen) atoms. The molecule has 0 radical (unpaired) electrons. The molecule has 0 fully saturated rings. The summed E-state index contributed by atoms with van der Waals surface area (Å²) in [6.45, 7) is 0. The fraction of sp³-hybridized carbons (Fsp3) is 0.0800. The van der Waals surface area contributed by atoms with Crippen molar-refractivity contribution >= 4 is 39.1 Å². The topological polar surface area (TPSA) is 111 Å². The number of nitro benzene ring substituents is 1. The first-order chi connectivity index (χ1) is 16.4. The monoisotopic (exact) mass is 470 g/mol. The van der Waals surface area contributed by atoms with E-state index in [4.69, 9.17) is 11.6 Å². The summed E-state index contributed by atoms with van der Waals surface area (Å²) in [7, 11) is 0. The van der Waals surface area contributed by atoms with Gasteiger partial charge in [-0.1, -0.05) is 35.9 Å². The molecule has 0 saturated heterocycles. The molecule has 0 spiro atoms. The highest BCUT2D eigenvalue weighted by Gasteiger charge is 2.46. The Kier molecular flexibility index (Phi) is 4.32. The van der Waals surface area contributed by atoms with Gasteiger partial charge in [0.25, 0.3) is 11.2 Å². The van der Waals surface area contributed by atoms with Crippen LogP contribution in [0.25, 0.3) is 27.5 Å². The molecule has 9 heteroatoms. The van der Waals surface area contributed by atoms with Gasteiger partial charge in [-0.25, -0.2) is 4.98 Å². The van der Waals surface area contributed by atoms with E-state index in [1.54, 1.807) is 60.7 Å². The van der Waals surface area contributed by atoms with Gasteiger partial charge in [0, 0.05) is 40.2 Å². The highest BCUT2D eigenvalue weighted by atomic mass is 35.5. The number of para-hydroxylation sites is 1. The number of aliphatic hydroxyl groups is 1. The molecule has 0 aliphatic carbocycles. The van der Waals surface area contributed by atoms with E-state index in [0.29, 0.717) is 43.8 Å². The lowest BCUT2D eigenvalue weighted by molar-refractivity contribution is -0.384. The first-order valence-corrected chi connectivity index (χ1v) is 10.8. The minimum atomic E-state index is -1.71. The Labute approximate surface area is 196 Å². The quantitative estimate of drug-likeness (QED) is 0.311. The molecule has 1 aliphatic rings. The molecular weight excluding hydrogens is 456 g/mol. The number of hydrogen-bond acceptors (Lipinski definition) is 6. The Hall–Kier alpha value is -4.14. The van der Waals surface area contributed by atoms with Crippen LogP contribution in [0.2, 0.25) is 5.02 Å². The summed E-state index contributed by atoms with van der Waals surface area (Å²) in [4.78, 5) is 33.3. The van der Waals surface area contributed by atoms with Gasteiger partial charge in [0.15, 0.2) is 11.4 Å². The third-order valence-corrected chi connectivity index (χ3v) is 6.48. The molecule has 0 amide bonds. The van der Waals surface area contributed by atoms with E-state index in [0.717, 1.165) is 0 Å². The van der Waals surface area contributed by atoms with Gasteiger partial charge in [-0.05, 0) is 36.4 Å². The number of halogens is 1. The van der Waals surface area contributed by atoms with Gasteiger partial charge in [0.1, 0.15) is 0 Å². The SMILES string of the molecule is O=c1c2ccccc2nc2n1-c1cccc(Cl)c1C2(O)Cc1ccc2cc([N+](=O)[O-])ccc2n1. The molecule has 2 aromatic heterocycles. The maximum absolute atomic E-state index is 13.4. The van der Waals surface area contributed by atoms with Crippen molar-refractivity contribution in [2.45, 2.75) is 12.0 Å². The van der Waals surface area contributed by atoms with E-state index < -0.39 is 10.5 Å². The maximum atomic E-state index is 13.4. The lowest BCUT2D eigenvalue weighted by atomic mass is 9.89. The van der Waals surface area contributed by atoms with E-state index in [-0.39, 0.29) is 23.5 Å². The zero-order valence-corrected chi connectivity index (χ0v) is 18.2. The number of fused-ring (bicyclic) bond motifs is 5. The van der Waals surface area contributed by atoms with E-state index in [9.17, 15) is 20.0 Å². The van der Waals surface area contributed by atoms with Crippen molar-refractivity contribution < 1.29 is 10.0 Å². The van der Waals surface area contributed by atoms with Crippen LogP contribution in [0.3, 0.4) is 0 Å². The van der Waals surface area contributed by atoms with Crippen molar-refractivity contribution in [2.24, 2.45) is 0 Å². The van der Waals surface area contributed by atoms with Crippen LogP contribution in [0.15, 0.2) is 77.6 Å². The zero-order valence-electron chi connectivity index (χ0n) is 17.5. The summed E-state index contributed by atoms with van der Waals surface area (Å²) in [5.74, 6) is 0.171. The highest BCUT2D eigenvalue weighted by molar-refractivity contribution is 6.31. The molecule has 5 aromatic rings. The molecule has 1 N–H and O–H groups in total. The molecule has 3 heterocycles. The average molecular weight is 471 g/mol. The Morgan fingerprint density at radius 1 is 1.00 bits per heavy atom.